The number of carbonyl (C=O) groups is 1. The highest BCUT2D eigenvalue weighted by atomic mass is 32.2. The Kier molecular flexibility index (Phi) is 2.92. The van der Waals surface area contributed by atoms with Crippen LogP contribution >= 0.6 is 0 Å². The summed E-state index contributed by atoms with van der Waals surface area (Å²) < 4.78 is 0. The maximum Gasteiger partial charge on any atom is 0.270 e. The minimum atomic E-state index is 0.213. The summed E-state index contributed by atoms with van der Waals surface area (Å²) in [5, 5.41) is 3.42. The van der Waals surface area contributed by atoms with Crippen LogP contribution in [-0.4, -0.2) is 29.7 Å². The standard InChI is InChI=1S/C14H23NOS/c1-17(2)9-13(16)15-14-6-10-3-11(7-14)5-12(4-10)8-14/h10-12H,3-9H2,1-2H3/p+1. The van der Waals surface area contributed by atoms with Crippen LogP contribution in [0.15, 0.2) is 0 Å². The minimum absolute atomic E-state index is 0.213. The van der Waals surface area contributed by atoms with Crippen molar-refractivity contribution in [2.45, 2.75) is 44.1 Å². The Morgan fingerprint density at radius 1 is 1.12 bits per heavy atom. The number of nitrogens with one attached hydrogen (secondary N) is 1. The first-order valence-electron chi connectivity index (χ1n) is 6.90. The van der Waals surface area contributed by atoms with Crippen LogP contribution in [0, 0.1) is 17.8 Å². The molecule has 2 nitrogen and oxygen atoms in total. The van der Waals surface area contributed by atoms with Crippen molar-refractivity contribution in [3.05, 3.63) is 0 Å². The lowest BCUT2D eigenvalue weighted by Gasteiger charge is -2.56. The van der Waals surface area contributed by atoms with Crippen LogP contribution in [0.4, 0.5) is 0 Å². The van der Waals surface area contributed by atoms with Gasteiger partial charge in [-0.05, 0) is 67.2 Å². The quantitative estimate of drug-likeness (QED) is 0.766. The lowest BCUT2D eigenvalue weighted by Crippen LogP contribution is -2.60. The van der Waals surface area contributed by atoms with Crippen LogP contribution in [0.3, 0.4) is 0 Å². The molecule has 1 N–H and O–H groups in total. The summed E-state index contributed by atoms with van der Waals surface area (Å²) in [5.41, 5.74) is 0.213. The summed E-state index contributed by atoms with van der Waals surface area (Å²) in [7, 11) is 0.229. The lowest BCUT2D eigenvalue weighted by molar-refractivity contribution is -0.124. The van der Waals surface area contributed by atoms with E-state index in [0.717, 1.165) is 23.5 Å². The Morgan fingerprint density at radius 3 is 2.00 bits per heavy atom. The summed E-state index contributed by atoms with van der Waals surface area (Å²) in [5.74, 6) is 3.79. The van der Waals surface area contributed by atoms with Crippen molar-refractivity contribution < 1.29 is 4.79 Å². The van der Waals surface area contributed by atoms with Gasteiger partial charge in [-0.1, -0.05) is 0 Å². The van der Waals surface area contributed by atoms with E-state index in [0.29, 0.717) is 5.91 Å². The van der Waals surface area contributed by atoms with Gasteiger partial charge in [0.25, 0.3) is 5.91 Å². The molecule has 0 atom stereocenters. The Balaban J connectivity index is 1.68. The second-order valence-corrected chi connectivity index (χ2v) is 9.14. The van der Waals surface area contributed by atoms with Gasteiger partial charge in [-0.3, -0.25) is 4.79 Å². The van der Waals surface area contributed by atoms with E-state index in [1.54, 1.807) is 0 Å². The van der Waals surface area contributed by atoms with Gasteiger partial charge in [-0.25, -0.2) is 0 Å². The molecular weight excluding hydrogens is 230 g/mol. The Morgan fingerprint density at radius 2 is 1.59 bits per heavy atom. The summed E-state index contributed by atoms with van der Waals surface area (Å²) in [6, 6.07) is 0. The zero-order valence-electron chi connectivity index (χ0n) is 11.0. The first-order chi connectivity index (χ1) is 8.05. The van der Waals surface area contributed by atoms with Crippen LogP contribution in [0.1, 0.15) is 38.5 Å². The number of hydrogen-bond acceptors (Lipinski definition) is 1. The molecule has 4 saturated carbocycles. The van der Waals surface area contributed by atoms with E-state index in [9.17, 15) is 4.79 Å². The summed E-state index contributed by atoms with van der Waals surface area (Å²) in [6.07, 6.45) is 12.4. The summed E-state index contributed by atoms with van der Waals surface area (Å²) in [4.78, 5) is 12.0. The third-order valence-corrected chi connectivity index (χ3v) is 5.70. The summed E-state index contributed by atoms with van der Waals surface area (Å²) in [6.45, 7) is 0. The lowest BCUT2D eigenvalue weighted by atomic mass is 9.53. The van der Waals surface area contributed by atoms with Crippen molar-refractivity contribution in [2.75, 3.05) is 18.3 Å². The molecular formula is C14H24NOS+. The van der Waals surface area contributed by atoms with Gasteiger partial charge in [0.2, 0.25) is 0 Å². The molecule has 0 saturated heterocycles. The molecule has 0 aromatic carbocycles. The van der Waals surface area contributed by atoms with Crippen molar-refractivity contribution in [1.82, 2.24) is 5.32 Å². The van der Waals surface area contributed by atoms with Gasteiger partial charge in [-0.2, -0.15) is 0 Å². The summed E-state index contributed by atoms with van der Waals surface area (Å²) >= 11 is 0. The molecule has 4 fully saturated rings. The fourth-order valence-electron chi connectivity index (χ4n) is 4.86. The highest BCUT2D eigenvalue weighted by molar-refractivity contribution is 7.96. The maximum absolute atomic E-state index is 12.0. The molecule has 0 aliphatic heterocycles. The van der Waals surface area contributed by atoms with E-state index in [1.165, 1.54) is 38.5 Å². The van der Waals surface area contributed by atoms with Crippen molar-refractivity contribution in [1.29, 1.82) is 0 Å². The molecule has 0 spiro atoms. The van der Waals surface area contributed by atoms with E-state index in [2.05, 4.69) is 17.8 Å². The first kappa shape index (κ1) is 11.9. The smallest absolute Gasteiger partial charge is 0.270 e. The van der Waals surface area contributed by atoms with Crippen LogP contribution in [0.5, 0.6) is 0 Å². The first-order valence-corrected chi connectivity index (χ1v) is 9.11. The van der Waals surface area contributed by atoms with E-state index in [1.807, 2.05) is 0 Å². The Labute approximate surface area is 107 Å². The van der Waals surface area contributed by atoms with Gasteiger partial charge in [0.1, 0.15) is 0 Å². The van der Waals surface area contributed by atoms with Crippen molar-refractivity contribution in [3.8, 4) is 0 Å². The average molecular weight is 254 g/mol. The minimum Gasteiger partial charge on any atom is -0.347 e. The zero-order chi connectivity index (χ0) is 12.0. The fourth-order valence-corrected chi connectivity index (χ4v) is 5.45. The topological polar surface area (TPSA) is 29.1 Å². The highest BCUT2D eigenvalue weighted by Gasteiger charge is 2.51. The molecule has 96 valence electrons. The molecule has 0 unspecified atom stereocenters. The average Bonchev–Trinajstić information content (AvgIpc) is 2.11. The van der Waals surface area contributed by atoms with Gasteiger partial charge in [0, 0.05) is 5.54 Å². The predicted molar refractivity (Wildman–Crippen MR) is 73.1 cm³/mol. The third-order valence-electron chi connectivity index (χ3n) is 4.86. The van der Waals surface area contributed by atoms with E-state index in [4.69, 9.17) is 0 Å². The van der Waals surface area contributed by atoms with E-state index in [-0.39, 0.29) is 16.4 Å². The number of carbonyl (C=O) groups excluding carboxylic acids is 1. The van der Waals surface area contributed by atoms with Crippen molar-refractivity contribution in [3.63, 3.8) is 0 Å². The molecule has 4 rings (SSSR count). The van der Waals surface area contributed by atoms with Crippen molar-refractivity contribution >= 4 is 16.8 Å². The fraction of sp³-hybridized carbons (Fsp3) is 0.929. The molecule has 0 radical (unpaired) electrons. The molecule has 4 bridgehead atoms. The van der Waals surface area contributed by atoms with Crippen LogP contribution in [0.2, 0.25) is 0 Å². The van der Waals surface area contributed by atoms with Gasteiger partial charge in [-0.15, -0.1) is 0 Å². The van der Waals surface area contributed by atoms with Crippen molar-refractivity contribution in [2.24, 2.45) is 17.8 Å². The van der Waals surface area contributed by atoms with Gasteiger partial charge in [0.15, 0.2) is 5.75 Å². The molecule has 3 heteroatoms. The molecule has 4 aliphatic carbocycles. The van der Waals surface area contributed by atoms with Crippen LogP contribution in [0.25, 0.3) is 0 Å². The van der Waals surface area contributed by atoms with E-state index < -0.39 is 0 Å². The van der Waals surface area contributed by atoms with Gasteiger partial charge in [0.05, 0.1) is 12.5 Å². The monoisotopic (exact) mass is 254 g/mol. The number of rotatable bonds is 3. The third kappa shape index (κ3) is 2.35. The maximum atomic E-state index is 12.0. The predicted octanol–water partition coefficient (Wildman–Crippen LogP) is 1.95. The second kappa shape index (κ2) is 4.18. The number of hydrogen-bond donors (Lipinski definition) is 1. The second-order valence-electron chi connectivity index (χ2n) is 6.88. The molecule has 0 aromatic heterocycles. The van der Waals surface area contributed by atoms with Gasteiger partial charge < -0.3 is 5.32 Å². The van der Waals surface area contributed by atoms with E-state index >= 15 is 0 Å². The molecule has 0 aromatic rings. The Hall–Kier alpha value is -0.180. The largest absolute Gasteiger partial charge is 0.347 e. The molecule has 4 aliphatic rings. The molecule has 0 heterocycles. The molecule has 1 amide bonds. The van der Waals surface area contributed by atoms with Crippen LogP contribution in [-0.2, 0) is 15.7 Å². The molecule has 17 heavy (non-hydrogen) atoms. The SMILES string of the molecule is C[S+](C)CC(=O)NC12CC3CC(CC(C3)C1)C2. The zero-order valence-corrected chi connectivity index (χ0v) is 11.8. The van der Waals surface area contributed by atoms with Gasteiger partial charge >= 0.3 is 0 Å². The van der Waals surface area contributed by atoms with Crippen LogP contribution < -0.4 is 5.32 Å². The number of amides is 1. The Bertz CT molecular complexity index is 291. The highest BCUT2D eigenvalue weighted by Crippen LogP contribution is 2.55. The normalized spacial score (nSPS) is 43.1.